The number of alkyl halides is 3. The Hall–Kier alpha value is -1.26. The van der Waals surface area contributed by atoms with E-state index >= 15 is 0 Å². The highest BCUT2D eigenvalue weighted by Crippen LogP contribution is 2.18. The third kappa shape index (κ3) is 7.54. The van der Waals surface area contributed by atoms with Gasteiger partial charge in [-0.15, -0.1) is 24.0 Å². The third-order valence-electron chi connectivity index (χ3n) is 3.54. The van der Waals surface area contributed by atoms with Gasteiger partial charge in [-0.05, 0) is 24.5 Å². The van der Waals surface area contributed by atoms with Gasteiger partial charge in [-0.1, -0.05) is 12.8 Å². The van der Waals surface area contributed by atoms with Gasteiger partial charge in [0.25, 0.3) is 0 Å². The Balaban J connectivity index is 0.00000288. The van der Waals surface area contributed by atoms with Crippen LogP contribution in [-0.4, -0.2) is 41.7 Å². The molecule has 2 N–H and O–H groups in total. The van der Waals surface area contributed by atoms with E-state index in [1.807, 2.05) is 0 Å². The molecule has 0 atom stereocenters. The number of pyridine rings is 1. The van der Waals surface area contributed by atoms with Gasteiger partial charge >= 0.3 is 6.18 Å². The first kappa shape index (κ1) is 20.8. The summed E-state index contributed by atoms with van der Waals surface area (Å²) in [5.41, 5.74) is 6.70. The van der Waals surface area contributed by atoms with Crippen LogP contribution in [0.1, 0.15) is 31.2 Å². The minimum atomic E-state index is -4.38. The van der Waals surface area contributed by atoms with Crippen molar-refractivity contribution in [2.24, 2.45) is 10.7 Å². The maximum atomic E-state index is 12.1. The Morgan fingerprint density at radius 1 is 1.25 bits per heavy atom. The summed E-state index contributed by atoms with van der Waals surface area (Å²) in [6.45, 7) is 0.715. The van der Waals surface area contributed by atoms with Crippen molar-refractivity contribution in [2.75, 3.05) is 19.7 Å². The molecule has 0 bridgehead atoms. The number of nitrogens with zero attached hydrogens (tertiary/aromatic N) is 3. The van der Waals surface area contributed by atoms with Gasteiger partial charge in [-0.3, -0.25) is 0 Å². The molecular weight excluding hydrogens is 436 g/mol. The zero-order valence-electron chi connectivity index (χ0n) is 13.3. The van der Waals surface area contributed by atoms with Gasteiger partial charge in [0.1, 0.15) is 0 Å². The first-order chi connectivity index (χ1) is 10.9. The van der Waals surface area contributed by atoms with Crippen LogP contribution in [0.2, 0.25) is 0 Å². The van der Waals surface area contributed by atoms with Crippen LogP contribution in [0, 0.1) is 0 Å². The molecule has 0 saturated carbocycles. The number of nitrogens with two attached hydrogens (primary N) is 1. The van der Waals surface area contributed by atoms with Crippen molar-refractivity contribution in [1.29, 1.82) is 0 Å². The van der Waals surface area contributed by atoms with Crippen LogP contribution >= 0.6 is 24.0 Å². The average molecular weight is 458 g/mol. The van der Waals surface area contributed by atoms with Crippen molar-refractivity contribution in [3.05, 3.63) is 23.9 Å². The molecule has 1 fully saturated rings. The van der Waals surface area contributed by atoms with Gasteiger partial charge in [-0.2, -0.15) is 13.2 Å². The van der Waals surface area contributed by atoms with Crippen LogP contribution in [0.15, 0.2) is 23.3 Å². The van der Waals surface area contributed by atoms with E-state index in [9.17, 15) is 13.2 Å². The summed E-state index contributed by atoms with van der Waals surface area (Å²) in [4.78, 5) is 10.1. The average Bonchev–Trinajstić information content (AvgIpc) is 2.80. The van der Waals surface area contributed by atoms with Gasteiger partial charge < -0.3 is 15.4 Å². The number of likely N-dealkylation sites (tertiary alicyclic amines) is 1. The molecule has 136 valence electrons. The van der Waals surface area contributed by atoms with E-state index in [-0.39, 0.29) is 36.4 Å². The lowest BCUT2D eigenvalue weighted by Crippen LogP contribution is -2.38. The summed E-state index contributed by atoms with van der Waals surface area (Å²) >= 11 is 0. The molecule has 0 radical (unpaired) electrons. The van der Waals surface area contributed by atoms with Gasteiger partial charge in [0.2, 0.25) is 5.88 Å². The fourth-order valence-electron chi connectivity index (χ4n) is 2.36. The highest BCUT2D eigenvalue weighted by molar-refractivity contribution is 14.0. The van der Waals surface area contributed by atoms with Crippen LogP contribution in [0.4, 0.5) is 13.2 Å². The van der Waals surface area contributed by atoms with Crippen LogP contribution in [0.5, 0.6) is 5.88 Å². The number of guanidine groups is 1. The SMILES string of the molecule is I.NC(=NCc1ccnc(OCC(F)(F)F)c1)N1CCCCCC1. The molecule has 24 heavy (non-hydrogen) atoms. The summed E-state index contributed by atoms with van der Waals surface area (Å²) in [6.07, 6.45) is 1.62. The van der Waals surface area contributed by atoms with Crippen molar-refractivity contribution >= 4 is 29.9 Å². The molecule has 1 aromatic heterocycles. The highest BCUT2D eigenvalue weighted by atomic mass is 127. The predicted molar refractivity (Wildman–Crippen MR) is 96.6 cm³/mol. The first-order valence-corrected chi connectivity index (χ1v) is 7.63. The normalized spacial score (nSPS) is 16.3. The molecule has 0 spiro atoms. The molecule has 1 aliphatic heterocycles. The summed E-state index contributed by atoms with van der Waals surface area (Å²) in [5, 5.41) is 0. The first-order valence-electron chi connectivity index (χ1n) is 7.63. The van der Waals surface area contributed by atoms with Gasteiger partial charge in [0, 0.05) is 25.4 Å². The Morgan fingerprint density at radius 2 is 1.92 bits per heavy atom. The number of aliphatic imine (C=N–C) groups is 1. The molecule has 2 rings (SSSR count). The quantitative estimate of drug-likeness (QED) is 0.427. The predicted octanol–water partition coefficient (Wildman–Crippen LogP) is 3.33. The highest BCUT2D eigenvalue weighted by Gasteiger charge is 2.28. The van der Waals surface area contributed by atoms with E-state index in [0.717, 1.165) is 25.9 Å². The Morgan fingerprint density at radius 3 is 2.54 bits per heavy atom. The fourth-order valence-corrected chi connectivity index (χ4v) is 2.36. The lowest BCUT2D eigenvalue weighted by Gasteiger charge is -2.21. The van der Waals surface area contributed by atoms with E-state index in [2.05, 4.69) is 19.6 Å². The van der Waals surface area contributed by atoms with E-state index < -0.39 is 12.8 Å². The van der Waals surface area contributed by atoms with Crippen LogP contribution in [0.25, 0.3) is 0 Å². The number of halogens is 4. The second kappa shape index (κ2) is 9.90. The zero-order valence-corrected chi connectivity index (χ0v) is 15.6. The molecule has 1 aliphatic rings. The van der Waals surface area contributed by atoms with Crippen molar-refractivity contribution in [3.63, 3.8) is 0 Å². The summed E-state index contributed by atoms with van der Waals surface area (Å²) in [7, 11) is 0. The van der Waals surface area contributed by atoms with E-state index in [4.69, 9.17) is 5.73 Å². The minimum absolute atomic E-state index is 0. The lowest BCUT2D eigenvalue weighted by molar-refractivity contribution is -0.154. The standard InChI is InChI=1S/C15H21F3N4O.HI/c16-15(17,18)11-23-13-9-12(5-6-20-13)10-21-14(19)22-7-3-1-2-4-8-22;/h5-6,9H,1-4,7-8,10-11H2,(H2,19,21);1H. The Labute approximate surface area is 156 Å². The number of hydrogen-bond donors (Lipinski definition) is 1. The second-order valence-electron chi connectivity index (χ2n) is 5.48. The number of aromatic nitrogens is 1. The van der Waals surface area contributed by atoms with Crippen LogP contribution < -0.4 is 10.5 Å². The monoisotopic (exact) mass is 458 g/mol. The summed E-state index contributed by atoms with van der Waals surface area (Å²) in [5.74, 6) is 0.407. The van der Waals surface area contributed by atoms with E-state index in [1.54, 1.807) is 6.07 Å². The molecule has 9 heteroatoms. The third-order valence-corrected chi connectivity index (χ3v) is 3.54. The molecule has 0 unspecified atom stereocenters. The molecule has 0 aliphatic carbocycles. The summed E-state index contributed by atoms with van der Waals surface area (Å²) in [6, 6.07) is 3.13. The lowest BCUT2D eigenvalue weighted by atomic mass is 10.2. The molecule has 5 nitrogen and oxygen atoms in total. The largest absolute Gasteiger partial charge is 0.468 e. The fraction of sp³-hybridized carbons (Fsp3) is 0.600. The van der Waals surface area contributed by atoms with Crippen molar-refractivity contribution in [3.8, 4) is 5.88 Å². The smallest absolute Gasteiger partial charge is 0.422 e. The van der Waals surface area contributed by atoms with E-state index in [0.29, 0.717) is 11.5 Å². The number of hydrogen-bond acceptors (Lipinski definition) is 3. The molecule has 2 heterocycles. The number of ether oxygens (including phenoxy) is 1. The van der Waals surface area contributed by atoms with Crippen molar-refractivity contribution < 1.29 is 17.9 Å². The van der Waals surface area contributed by atoms with Crippen molar-refractivity contribution in [1.82, 2.24) is 9.88 Å². The van der Waals surface area contributed by atoms with Gasteiger partial charge in [-0.25, -0.2) is 9.98 Å². The van der Waals surface area contributed by atoms with E-state index in [1.165, 1.54) is 25.1 Å². The molecule has 1 saturated heterocycles. The van der Waals surface area contributed by atoms with Gasteiger partial charge in [0.05, 0.1) is 6.54 Å². The van der Waals surface area contributed by atoms with Crippen LogP contribution in [0.3, 0.4) is 0 Å². The zero-order chi connectivity index (χ0) is 16.7. The maximum Gasteiger partial charge on any atom is 0.422 e. The maximum absolute atomic E-state index is 12.1. The van der Waals surface area contributed by atoms with Crippen LogP contribution in [-0.2, 0) is 6.54 Å². The van der Waals surface area contributed by atoms with Crippen molar-refractivity contribution in [2.45, 2.75) is 38.4 Å². The molecule has 1 aromatic rings. The molecule has 0 aromatic carbocycles. The topological polar surface area (TPSA) is 63.7 Å². The Bertz CT molecular complexity index is 532. The van der Waals surface area contributed by atoms with Gasteiger partial charge in [0.15, 0.2) is 12.6 Å². The number of rotatable bonds is 4. The molecular formula is C15H22F3IN4O. The minimum Gasteiger partial charge on any atom is -0.468 e. The Kier molecular flexibility index (Phi) is 8.57. The molecule has 0 amide bonds. The second-order valence-corrected chi connectivity index (χ2v) is 5.48. The summed E-state index contributed by atoms with van der Waals surface area (Å²) < 4.78 is 41.0.